The summed E-state index contributed by atoms with van der Waals surface area (Å²) in [5.74, 6) is 0.820. The van der Waals surface area contributed by atoms with Crippen molar-refractivity contribution in [3.63, 3.8) is 0 Å². The van der Waals surface area contributed by atoms with Gasteiger partial charge in [0.25, 0.3) is 0 Å². The lowest BCUT2D eigenvalue weighted by molar-refractivity contribution is -0.113. The number of hydrogen-bond donors (Lipinski definition) is 1. The van der Waals surface area contributed by atoms with Gasteiger partial charge in [-0.15, -0.1) is 28.1 Å². The monoisotopic (exact) mass is 512 g/mol. The summed E-state index contributed by atoms with van der Waals surface area (Å²) >= 11 is 2.76. The quantitative estimate of drug-likeness (QED) is 0.187. The van der Waals surface area contributed by atoms with Gasteiger partial charge < -0.3 is 14.8 Å². The number of nitrogens with zero attached hydrogens (tertiary/aromatic N) is 3. The van der Waals surface area contributed by atoms with Gasteiger partial charge in [-0.25, -0.2) is 4.79 Å². The molecule has 0 radical (unpaired) electrons. The lowest BCUT2D eigenvalue weighted by Crippen LogP contribution is -2.16. The normalized spacial score (nSPS) is 13.0. The number of aromatic nitrogens is 3. The fraction of sp³-hybridized carbons (Fsp3) is 0.360. The van der Waals surface area contributed by atoms with Gasteiger partial charge in [-0.3, -0.25) is 9.36 Å². The minimum absolute atomic E-state index is 0.115. The zero-order valence-corrected chi connectivity index (χ0v) is 21.5. The molecule has 184 valence electrons. The molecule has 2 heterocycles. The molecule has 0 fully saturated rings. The number of amides is 1. The van der Waals surface area contributed by atoms with Gasteiger partial charge in [-0.2, -0.15) is 0 Å². The Hall–Kier alpha value is -3.11. The van der Waals surface area contributed by atoms with E-state index in [9.17, 15) is 9.59 Å². The number of para-hydroxylation sites is 1. The second kappa shape index (κ2) is 11.5. The van der Waals surface area contributed by atoms with Crippen molar-refractivity contribution in [3.8, 4) is 17.1 Å². The predicted octanol–water partition coefficient (Wildman–Crippen LogP) is 4.99. The van der Waals surface area contributed by atoms with Crippen molar-refractivity contribution in [1.29, 1.82) is 0 Å². The number of thiophene rings is 1. The van der Waals surface area contributed by atoms with Crippen LogP contribution in [0.1, 0.15) is 40.1 Å². The van der Waals surface area contributed by atoms with Crippen LogP contribution in [0, 0.1) is 0 Å². The number of hydrogen-bond acceptors (Lipinski definition) is 8. The summed E-state index contributed by atoms with van der Waals surface area (Å²) in [5.41, 5.74) is 2.33. The van der Waals surface area contributed by atoms with Crippen LogP contribution in [-0.2, 0) is 28.9 Å². The van der Waals surface area contributed by atoms with E-state index in [1.807, 2.05) is 28.8 Å². The number of rotatable bonds is 9. The van der Waals surface area contributed by atoms with E-state index in [1.165, 1.54) is 30.2 Å². The Morgan fingerprint density at radius 1 is 1.20 bits per heavy atom. The largest absolute Gasteiger partial charge is 0.496 e. The highest BCUT2D eigenvalue weighted by atomic mass is 32.2. The number of methoxy groups -OCH3 is 2. The van der Waals surface area contributed by atoms with E-state index in [2.05, 4.69) is 22.1 Å². The number of benzene rings is 1. The first-order chi connectivity index (χ1) is 17.1. The molecule has 0 saturated heterocycles. The third kappa shape index (κ3) is 5.43. The van der Waals surface area contributed by atoms with Crippen LogP contribution >= 0.6 is 23.1 Å². The second-order valence-corrected chi connectivity index (χ2v) is 10.1. The fourth-order valence-corrected chi connectivity index (χ4v) is 6.20. The molecular formula is C25H28N4O4S2. The van der Waals surface area contributed by atoms with Crippen molar-refractivity contribution in [3.05, 3.63) is 52.9 Å². The smallest absolute Gasteiger partial charge is 0.341 e. The Morgan fingerprint density at radius 3 is 2.77 bits per heavy atom. The van der Waals surface area contributed by atoms with Crippen LogP contribution in [0.15, 0.2) is 42.1 Å². The van der Waals surface area contributed by atoms with Gasteiger partial charge in [-0.05, 0) is 43.4 Å². The molecule has 2 aromatic heterocycles. The Kier molecular flexibility index (Phi) is 8.25. The maximum Gasteiger partial charge on any atom is 0.341 e. The zero-order chi connectivity index (χ0) is 24.8. The van der Waals surface area contributed by atoms with E-state index in [1.54, 1.807) is 13.2 Å². The van der Waals surface area contributed by atoms with Crippen LogP contribution < -0.4 is 10.1 Å². The molecule has 0 saturated carbocycles. The lowest BCUT2D eigenvalue weighted by Gasteiger charge is -2.11. The Labute approximate surface area is 212 Å². The molecule has 1 aromatic carbocycles. The maximum absolute atomic E-state index is 12.9. The number of thioether (sulfide) groups is 1. The number of nitrogens with one attached hydrogen (secondary N) is 1. The summed E-state index contributed by atoms with van der Waals surface area (Å²) in [6.45, 7) is 4.32. The van der Waals surface area contributed by atoms with Gasteiger partial charge in [0.1, 0.15) is 10.8 Å². The van der Waals surface area contributed by atoms with Crippen LogP contribution in [0.4, 0.5) is 5.00 Å². The number of carbonyl (C=O) groups excluding carboxylic acids is 2. The molecule has 0 aliphatic heterocycles. The van der Waals surface area contributed by atoms with Crippen LogP contribution in [0.5, 0.6) is 5.75 Å². The number of aryl methyl sites for hydroxylation is 1. The molecule has 0 atom stereocenters. The molecule has 8 nitrogen and oxygen atoms in total. The zero-order valence-electron chi connectivity index (χ0n) is 19.8. The predicted molar refractivity (Wildman–Crippen MR) is 138 cm³/mol. The first-order valence-corrected chi connectivity index (χ1v) is 13.2. The molecule has 0 spiro atoms. The first-order valence-electron chi connectivity index (χ1n) is 11.4. The molecule has 4 rings (SSSR count). The van der Waals surface area contributed by atoms with Gasteiger partial charge in [0.15, 0.2) is 11.0 Å². The van der Waals surface area contributed by atoms with Crippen molar-refractivity contribution < 1.29 is 19.1 Å². The van der Waals surface area contributed by atoms with E-state index in [0.29, 0.717) is 33.8 Å². The van der Waals surface area contributed by atoms with Gasteiger partial charge in [0, 0.05) is 11.4 Å². The number of carbonyl (C=O) groups is 2. The highest BCUT2D eigenvalue weighted by molar-refractivity contribution is 7.99. The van der Waals surface area contributed by atoms with Crippen molar-refractivity contribution in [1.82, 2.24) is 14.8 Å². The Morgan fingerprint density at radius 2 is 2.00 bits per heavy atom. The molecular weight excluding hydrogens is 484 g/mol. The minimum Gasteiger partial charge on any atom is -0.496 e. The average Bonchev–Trinajstić information content (AvgIpc) is 3.34. The third-order valence-corrected chi connectivity index (χ3v) is 7.95. The van der Waals surface area contributed by atoms with Crippen LogP contribution in [-0.4, -0.2) is 46.6 Å². The summed E-state index contributed by atoms with van der Waals surface area (Å²) in [5, 5.41) is 12.8. The molecule has 0 bridgehead atoms. The Bertz CT molecular complexity index is 1230. The standard InChI is InChI=1S/C25H28N4O4S2/c1-4-14-29-22(16-10-8-9-12-18(16)32-2)27-28-25(29)34-15-20(30)26-23-21(24(31)33-3)17-11-6-5-7-13-19(17)35-23/h4,8-10,12H,1,5-7,11,13-15H2,2-3H3,(H,26,30). The van der Waals surface area contributed by atoms with Crippen molar-refractivity contribution in [2.75, 3.05) is 25.3 Å². The first kappa shape index (κ1) is 25.0. The molecule has 1 aliphatic carbocycles. The summed E-state index contributed by atoms with van der Waals surface area (Å²) in [6, 6.07) is 7.58. The number of esters is 1. The minimum atomic E-state index is -0.403. The topological polar surface area (TPSA) is 95.3 Å². The van der Waals surface area contributed by atoms with Gasteiger partial charge in [0.2, 0.25) is 5.91 Å². The lowest BCUT2D eigenvalue weighted by atomic mass is 10.1. The van der Waals surface area contributed by atoms with Gasteiger partial charge >= 0.3 is 5.97 Å². The Balaban J connectivity index is 1.52. The second-order valence-electron chi connectivity index (χ2n) is 8.00. The number of anilines is 1. The summed E-state index contributed by atoms with van der Waals surface area (Å²) in [7, 11) is 2.98. The summed E-state index contributed by atoms with van der Waals surface area (Å²) in [4.78, 5) is 26.6. The third-order valence-electron chi connectivity index (χ3n) is 5.77. The molecule has 3 aromatic rings. The van der Waals surface area contributed by atoms with Gasteiger partial charge in [-0.1, -0.05) is 36.4 Å². The van der Waals surface area contributed by atoms with Crippen molar-refractivity contribution in [2.24, 2.45) is 0 Å². The maximum atomic E-state index is 12.9. The highest BCUT2D eigenvalue weighted by Crippen LogP contribution is 2.38. The van der Waals surface area contributed by atoms with E-state index in [-0.39, 0.29) is 11.7 Å². The van der Waals surface area contributed by atoms with Crippen LogP contribution in [0.2, 0.25) is 0 Å². The molecule has 0 unspecified atom stereocenters. The fourth-order valence-electron chi connectivity index (χ4n) is 4.16. The average molecular weight is 513 g/mol. The van der Waals surface area contributed by atoms with Crippen molar-refractivity contribution >= 4 is 40.0 Å². The van der Waals surface area contributed by atoms with E-state index >= 15 is 0 Å². The summed E-state index contributed by atoms with van der Waals surface area (Å²) < 4.78 is 12.4. The molecule has 1 N–H and O–H groups in total. The van der Waals surface area contributed by atoms with E-state index in [4.69, 9.17) is 9.47 Å². The van der Waals surface area contributed by atoms with E-state index < -0.39 is 5.97 Å². The van der Waals surface area contributed by atoms with Crippen molar-refractivity contribution in [2.45, 2.75) is 43.8 Å². The number of ether oxygens (including phenoxy) is 2. The molecule has 1 amide bonds. The van der Waals surface area contributed by atoms with Gasteiger partial charge in [0.05, 0.1) is 31.1 Å². The van der Waals surface area contributed by atoms with Crippen LogP contribution in [0.25, 0.3) is 11.4 Å². The highest BCUT2D eigenvalue weighted by Gasteiger charge is 2.26. The molecule has 1 aliphatic rings. The number of allylic oxidation sites excluding steroid dienone is 1. The van der Waals surface area contributed by atoms with Crippen LogP contribution in [0.3, 0.4) is 0 Å². The molecule has 10 heteroatoms. The molecule has 35 heavy (non-hydrogen) atoms. The van der Waals surface area contributed by atoms with E-state index in [0.717, 1.165) is 48.1 Å². The summed E-state index contributed by atoms with van der Waals surface area (Å²) in [6.07, 6.45) is 6.77. The number of fused-ring (bicyclic) bond motifs is 1. The SMILES string of the molecule is C=CCn1c(SCC(=O)Nc2sc3c(c2C(=O)OC)CCCCC3)nnc1-c1ccccc1OC.